The second-order valence-electron chi connectivity index (χ2n) is 6.87. The maximum absolute atomic E-state index is 11.2. The quantitative estimate of drug-likeness (QED) is 0.418. The minimum atomic E-state index is -0.931. The molecule has 4 aromatic rings. The van der Waals surface area contributed by atoms with E-state index < -0.39 is 5.97 Å². The van der Waals surface area contributed by atoms with Crippen LogP contribution in [0, 0.1) is 6.92 Å². The summed E-state index contributed by atoms with van der Waals surface area (Å²) in [6, 6.07) is 10.9. The van der Waals surface area contributed by atoms with Gasteiger partial charge in [-0.05, 0) is 48.4 Å². The van der Waals surface area contributed by atoms with Gasteiger partial charge in [-0.2, -0.15) is 0 Å². The van der Waals surface area contributed by atoms with Crippen LogP contribution in [0.25, 0.3) is 22.2 Å². The summed E-state index contributed by atoms with van der Waals surface area (Å²) in [6.07, 6.45) is 0.796. The minimum Gasteiger partial charge on any atom is -0.495 e. The van der Waals surface area contributed by atoms with Crippen molar-refractivity contribution in [2.45, 2.75) is 20.3 Å². The molecule has 30 heavy (non-hydrogen) atoms. The molecule has 0 spiro atoms. The van der Waals surface area contributed by atoms with Gasteiger partial charge in [0.2, 0.25) is 0 Å². The third-order valence-corrected chi connectivity index (χ3v) is 5.73. The van der Waals surface area contributed by atoms with Crippen LogP contribution in [0.5, 0.6) is 5.75 Å². The van der Waals surface area contributed by atoms with E-state index in [1.165, 1.54) is 0 Å². The molecule has 0 aliphatic rings. The smallest absolute Gasteiger partial charge is 0.335 e. The predicted octanol–water partition coefficient (Wildman–Crippen LogP) is 5.68. The maximum Gasteiger partial charge on any atom is 0.335 e. The summed E-state index contributed by atoms with van der Waals surface area (Å²) in [5.74, 6) is 1.21. The van der Waals surface area contributed by atoms with Gasteiger partial charge in [0.25, 0.3) is 0 Å². The molecule has 7 heteroatoms. The standard InChI is InChI=1S/C23H21N3O3S/c1-4-18-13(2)24-22(19-11-30-12-20(19)29-3)26-21(18)25-17-8-7-14-9-16(23(27)28)6-5-15(14)10-17/h5-12H,4H2,1-3H3,(H,27,28)(H,24,25,26). The number of methoxy groups -OCH3 is 1. The molecule has 0 saturated heterocycles. The molecule has 0 fully saturated rings. The number of ether oxygens (including phenoxy) is 1. The average molecular weight is 420 g/mol. The van der Waals surface area contributed by atoms with Gasteiger partial charge >= 0.3 is 5.97 Å². The van der Waals surface area contributed by atoms with E-state index in [1.54, 1.807) is 30.6 Å². The Morgan fingerprint density at radius 2 is 1.90 bits per heavy atom. The number of carboxylic acid groups (broad SMARTS) is 1. The molecule has 4 rings (SSSR count). The molecule has 6 nitrogen and oxygen atoms in total. The van der Waals surface area contributed by atoms with E-state index in [-0.39, 0.29) is 5.56 Å². The maximum atomic E-state index is 11.2. The number of thiophene rings is 1. The molecule has 0 aliphatic heterocycles. The number of hydrogen-bond acceptors (Lipinski definition) is 6. The lowest BCUT2D eigenvalue weighted by Gasteiger charge is -2.15. The topological polar surface area (TPSA) is 84.3 Å². The van der Waals surface area contributed by atoms with Crippen molar-refractivity contribution in [3.8, 4) is 17.1 Å². The van der Waals surface area contributed by atoms with Gasteiger partial charge in [-0.3, -0.25) is 0 Å². The van der Waals surface area contributed by atoms with Gasteiger partial charge in [-0.1, -0.05) is 19.1 Å². The zero-order valence-electron chi connectivity index (χ0n) is 16.9. The highest BCUT2D eigenvalue weighted by Gasteiger charge is 2.16. The molecule has 0 aliphatic carbocycles. The highest BCUT2D eigenvalue weighted by Crippen LogP contribution is 2.34. The van der Waals surface area contributed by atoms with Crippen molar-refractivity contribution in [1.82, 2.24) is 9.97 Å². The van der Waals surface area contributed by atoms with Gasteiger partial charge in [0.15, 0.2) is 5.82 Å². The van der Waals surface area contributed by atoms with Crippen LogP contribution in [-0.2, 0) is 6.42 Å². The highest BCUT2D eigenvalue weighted by molar-refractivity contribution is 7.08. The van der Waals surface area contributed by atoms with Crippen LogP contribution in [0.2, 0.25) is 0 Å². The van der Waals surface area contributed by atoms with E-state index in [1.807, 2.05) is 41.9 Å². The van der Waals surface area contributed by atoms with Crippen LogP contribution in [-0.4, -0.2) is 28.2 Å². The van der Waals surface area contributed by atoms with E-state index in [9.17, 15) is 9.90 Å². The highest BCUT2D eigenvalue weighted by atomic mass is 32.1. The van der Waals surface area contributed by atoms with E-state index in [4.69, 9.17) is 14.7 Å². The molecular weight excluding hydrogens is 398 g/mol. The SMILES string of the molecule is CCc1c(C)nc(-c2cscc2OC)nc1Nc1ccc2cc(C(=O)O)ccc2c1. The van der Waals surface area contributed by atoms with Gasteiger partial charge < -0.3 is 15.2 Å². The Bertz CT molecular complexity index is 1250. The fourth-order valence-corrected chi connectivity index (χ4v) is 4.22. The van der Waals surface area contributed by atoms with Crippen LogP contribution in [0.3, 0.4) is 0 Å². The summed E-state index contributed by atoms with van der Waals surface area (Å²) in [6.45, 7) is 4.07. The zero-order chi connectivity index (χ0) is 21.3. The Morgan fingerprint density at radius 1 is 1.13 bits per heavy atom. The number of aryl methyl sites for hydroxylation is 1. The Labute approximate surface area is 178 Å². The average Bonchev–Trinajstić information content (AvgIpc) is 3.22. The molecule has 0 radical (unpaired) electrons. The van der Waals surface area contributed by atoms with E-state index in [2.05, 4.69) is 12.2 Å². The summed E-state index contributed by atoms with van der Waals surface area (Å²) in [4.78, 5) is 20.7. The van der Waals surface area contributed by atoms with Gasteiger partial charge in [-0.25, -0.2) is 14.8 Å². The second-order valence-corrected chi connectivity index (χ2v) is 7.62. The number of rotatable bonds is 6. The number of aromatic nitrogens is 2. The van der Waals surface area contributed by atoms with Gasteiger partial charge in [-0.15, -0.1) is 11.3 Å². The van der Waals surface area contributed by atoms with Crippen molar-refractivity contribution < 1.29 is 14.6 Å². The number of carbonyl (C=O) groups is 1. The first kappa shape index (κ1) is 19.8. The van der Waals surface area contributed by atoms with Crippen LogP contribution in [0.15, 0.2) is 47.2 Å². The lowest BCUT2D eigenvalue weighted by molar-refractivity contribution is 0.0697. The van der Waals surface area contributed by atoms with Crippen LogP contribution in [0.1, 0.15) is 28.5 Å². The summed E-state index contributed by atoms with van der Waals surface area (Å²) < 4.78 is 5.44. The number of anilines is 2. The molecule has 152 valence electrons. The molecule has 0 unspecified atom stereocenters. The summed E-state index contributed by atoms with van der Waals surface area (Å²) in [5, 5.41) is 18.4. The number of aromatic carboxylic acids is 1. The summed E-state index contributed by atoms with van der Waals surface area (Å²) >= 11 is 1.55. The zero-order valence-corrected chi connectivity index (χ0v) is 17.7. The molecule has 2 N–H and O–H groups in total. The van der Waals surface area contributed by atoms with Crippen LogP contribution >= 0.6 is 11.3 Å². The molecule has 2 aromatic heterocycles. The second kappa shape index (κ2) is 8.12. The van der Waals surface area contributed by atoms with Gasteiger partial charge in [0.1, 0.15) is 11.6 Å². The van der Waals surface area contributed by atoms with Crippen molar-refractivity contribution in [1.29, 1.82) is 0 Å². The first-order valence-corrected chi connectivity index (χ1v) is 10.5. The Morgan fingerprint density at radius 3 is 2.63 bits per heavy atom. The van der Waals surface area contributed by atoms with E-state index in [0.29, 0.717) is 5.82 Å². The molecule has 2 aromatic carbocycles. The number of nitrogens with one attached hydrogen (secondary N) is 1. The minimum absolute atomic E-state index is 0.275. The normalized spacial score (nSPS) is 10.9. The lowest BCUT2D eigenvalue weighted by atomic mass is 10.1. The molecule has 0 bridgehead atoms. The van der Waals surface area contributed by atoms with Crippen molar-refractivity contribution in [2.24, 2.45) is 0 Å². The fraction of sp³-hybridized carbons (Fsp3) is 0.174. The number of hydrogen-bond donors (Lipinski definition) is 2. The Balaban J connectivity index is 1.74. The molecule has 2 heterocycles. The number of fused-ring (bicyclic) bond motifs is 1. The predicted molar refractivity (Wildman–Crippen MR) is 120 cm³/mol. The first-order valence-electron chi connectivity index (χ1n) is 9.52. The number of carboxylic acids is 1. The number of nitrogens with zero attached hydrogens (tertiary/aromatic N) is 2. The Kier molecular flexibility index (Phi) is 5.37. The van der Waals surface area contributed by atoms with Crippen LogP contribution < -0.4 is 10.1 Å². The first-order chi connectivity index (χ1) is 14.5. The number of benzene rings is 2. The van der Waals surface area contributed by atoms with Crippen molar-refractivity contribution in [2.75, 3.05) is 12.4 Å². The largest absolute Gasteiger partial charge is 0.495 e. The lowest BCUT2D eigenvalue weighted by Crippen LogP contribution is -2.05. The summed E-state index contributed by atoms with van der Waals surface area (Å²) in [5.41, 5.74) is 3.99. The molecular formula is C23H21N3O3S. The van der Waals surface area contributed by atoms with Gasteiger partial charge in [0.05, 0.1) is 18.2 Å². The van der Waals surface area contributed by atoms with Crippen molar-refractivity contribution >= 4 is 39.6 Å². The monoisotopic (exact) mass is 419 g/mol. The van der Waals surface area contributed by atoms with Crippen molar-refractivity contribution in [3.05, 3.63) is 64.0 Å². The van der Waals surface area contributed by atoms with E-state index in [0.717, 1.165) is 51.3 Å². The molecule has 0 amide bonds. The van der Waals surface area contributed by atoms with Crippen LogP contribution in [0.4, 0.5) is 11.5 Å². The third-order valence-electron chi connectivity index (χ3n) is 5.00. The fourth-order valence-electron chi connectivity index (χ4n) is 3.44. The molecule has 0 saturated carbocycles. The summed E-state index contributed by atoms with van der Waals surface area (Å²) in [7, 11) is 1.64. The third kappa shape index (κ3) is 3.71. The van der Waals surface area contributed by atoms with E-state index >= 15 is 0 Å². The molecule has 0 atom stereocenters. The Hall–Kier alpha value is -3.45. The van der Waals surface area contributed by atoms with Gasteiger partial charge in [0, 0.05) is 27.7 Å². The van der Waals surface area contributed by atoms with Crippen molar-refractivity contribution in [3.63, 3.8) is 0 Å².